The molecule has 8 heteroatoms. The number of aromatic nitrogens is 4. The molecule has 0 radical (unpaired) electrons. The van der Waals surface area contributed by atoms with Crippen molar-refractivity contribution in [3.05, 3.63) is 42.0 Å². The average molecular weight is 291 g/mol. The number of halogens is 1. The van der Waals surface area contributed by atoms with E-state index in [0.29, 0.717) is 29.0 Å². The monoisotopic (exact) mass is 291 g/mol. The molecule has 3 N–H and O–H groups in total. The molecule has 20 heavy (non-hydrogen) atoms. The first-order chi connectivity index (χ1) is 9.70. The van der Waals surface area contributed by atoms with Gasteiger partial charge in [0.15, 0.2) is 5.82 Å². The van der Waals surface area contributed by atoms with Gasteiger partial charge in [0.2, 0.25) is 0 Å². The maximum atomic E-state index is 13.0. The zero-order valence-electron chi connectivity index (χ0n) is 10.2. The van der Waals surface area contributed by atoms with E-state index in [1.165, 1.54) is 23.9 Å². The third kappa shape index (κ3) is 2.80. The van der Waals surface area contributed by atoms with Crippen molar-refractivity contribution in [2.45, 2.75) is 10.6 Å². The molecule has 0 bridgehead atoms. The Hall–Kier alpha value is -2.35. The van der Waals surface area contributed by atoms with E-state index in [2.05, 4.69) is 20.3 Å². The molecule has 1 aromatic carbocycles. The molecular weight excluding hydrogens is 281 g/mol. The largest absolute Gasteiger partial charge is 0.382 e. The number of nitrogens with zero attached hydrogens (tertiary/aromatic N) is 3. The average Bonchev–Trinajstić information content (AvgIpc) is 3.05. The lowest BCUT2D eigenvalue weighted by molar-refractivity contribution is 0.424. The van der Waals surface area contributed by atoms with E-state index in [-0.39, 0.29) is 5.82 Å². The van der Waals surface area contributed by atoms with E-state index < -0.39 is 0 Å². The number of aromatic amines is 1. The van der Waals surface area contributed by atoms with Gasteiger partial charge in [0.25, 0.3) is 5.89 Å². The number of thioether (sulfide) groups is 1. The highest BCUT2D eigenvalue weighted by molar-refractivity contribution is 7.98. The second kappa shape index (κ2) is 5.33. The number of nitrogens with two attached hydrogens (primary N) is 1. The van der Waals surface area contributed by atoms with Crippen LogP contribution in [0.25, 0.3) is 11.6 Å². The van der Waals surface area contributed by atoms with Crippen LogP contribution in [-0.4, -0.2) is 20.3 Å². The van der Waals surface area contributed by atoms with Gasteiger partial charge in [0, 0.05) is 11.0 Å². The van der Waals surface area contributed by atoms with Crippen LogP contribution in [0.15, 0.2) is 39.8 Å². The molecule has 102 valence electrons. The molecule has 6 nitrogen and oxygen atoms in total. The summed E-state index contributed by atoms with van der Waals surface area (Å²) in [7, 11) is 0. The number of nitrogens with one attached hydrogen (secondary N) is 1. The maximum Gasteiger partial charge on any atom is 0.276 e. The Bertz CT molecular complexity index is 726. The highest BCUT2D eigenvalue weighted by Gasteiger charge is 2.11. The topological polar surface area (TPSA) is 93.6 Å². The predicted octanol–water partition coefficient (Wildman–Crippen LogP) is 2.47. The summed E-state index contributed by atoms with van der Waals surface area (Å²) in [6.07, 6.45) is 0. The number of anilines is 1. The van der Waals surface area contributed by atoms with Crippen molar-refractivity contribution in [1.29, 1.82) is 0 Å². The SMILES string of the molecule is Nc1cc(-c2nc(CSc3cccc(F)c3)no2)[nH]n1. The molecule has 0 saturated heterocycles. The van der Waals surface area contributed by atoms with Crippen molar-refractivity contribution < 1.29 is 8.91 Å². The predicted molar refractivity (Wildman–Crippen MR) is 72.3 cm³/mol. The summed E-state index contributed by atoms with van der Waals surface area (Å²) < 4.78 is 18.1. The Morgan fingerprint density at radius 3 is 3.00 bits per heavy atom. The fraction of sp³-hybridized carbons (Fsp3) is 0.0833. The van der Waals surface area contributed by atoms with Crippen LogP contribution >= 0.6 is 11.8 Å². The summed E-state index contributed by atoms with van der Waals surface area (Å²) in [4.78, 5) is 5.02. The van der Waals surface area contributed by atoms with Gasteiger partial charge in [-0.2, -0.15) is 10.1 Å². The van der Waals surface area contributed by atoms with Crippen molar-refractivity contribution >= 4 is 17.6 Å². The molecule has 0 unspecified atom stereocenters. The number of hydrogen-bond acceptors (Lipinski definition) is 6. The number of benzene rings is 1. The van der Waals surface area contributed by atoms with E-state index in [4.69, 9.17) is 10.3 Å². The van der Waals surface area contributed by atoms with E-state index in [0.717, 1.165) is 4.90 Å². The summed E-state index contributed by atoms with van der Waals surface area (Å²) in [6, 6.07) is 7.95. The van der Waals surface area contributed by atoms with Gasteiger partial charge in [0.05, 0.1) is 5.75 Å². The minimum atomic E-state index is -0.267. The second-order valence-electron chi connectivity index (χ2n) is 3.97. The lowest BCUT2D eigenvalue weighted by atomic mass is 10.4. The van der Waals surface area contributed by atoms with E-state index in [1.54, 1.807) is 12.1 Å². The van der Waals surface area contributed by atoms with E-state index in [1.807, 2.05) is 6.07 Å². The smallest absolute Gasteiger partial charge is 0.276 e. The van der Waals surface area contributed by atoms with Crippen LogP contribution in [0.2, 0.25) is 0 Å². The summed E-state index contributed by atoms with van der Waals surface area (Å²) in [5.41, 5.74) is 6.07. The van der Waals surface area contributed by atoms with Gasteiger partial charge in [-0.3, -0.25) is 5.10 Å². The maximum absolute atomic E-state index is 13.0. The number of rotatable bonds is 4. The number of nitrogen functional groups attached to an aromatic ring is 1. The van der Waals surface area contributed by atoms with Crippen LogP contribution < -0.4 is 5.73 Å². The van der Waals surface area contributed by atoms with Crippen LogP contribution in [0.3, 0.4) is 0 Å². The summed E-state index contributed by atoms with van der Waals surface area (Å²) in [5, 5.41) is 10.3. The fourth-order valence-corrected chi connectivity index (χ4v) is 2.36. The van der Waals surface area contributed by atoms with Crippen molar-refractivity contribution in [2.24, 2.45) is 0 Å². The molecule has 3 rings (SSSR count). The van der Waals surface area contributed by atoms with Crippen LogP contribution in [0.4, 0.5) is 10.2 Å². The van der Waals surface area contributed by atoms with E-state index in [9.17, 15) is 4.39 Å². The normalized spacial score (nSPS) is 10.8. The van der Waals surface area contributed by atoms with Crippen molar-refractivity contribution in [3.8, 4) is 11.6 Å². The molecule has 3 aromatic rings. The van der Waals surface area contributed by atoms with Crippen molar-refractivity contribution in [2.75, 3.05) is 5.73 Å². The molecule has 0 spiro atoms. The van der Waals surface area contributed by atoms with Crippen LogP contribution in [0, 0.1) is 5.82 Å². The Balaban J connectivity index is 1.68. The highest BCUT2D eigenvalue weighted by Crippen LogP contribution is 2.23. The molecule has 0 amide bonds. The molecule has 2 aromatic heterocycles. The van der Waals surface area contributed by atoms with Crippen LogP contribution in [0.5, 0.6) is 0 Å². The zero-order valence-corrected chi connectivity index (χ0v) is 11.0. The van der Waals surface area contributed by atoms with Crippen LogP contribution in [-0.2, 0) is 5.75 Å². The van der Waals surface area contributed by atoms with E-state index >= 15 is 0 Å². The molecule has 0 aliphatic rings. The summed E-state index contributed by atoms with van der Waals surface area (Å²) in [6.45, 7) is 0. The van der Waals surface area contributed by atoms with Gasteiger partial charge in [-0.25, -0.2) is 4.39 Å². The first-order valence-electron chi connectivity index (χ1n) is 5.73. The highest BCUT2D eigenvalue weighted by atomic mass is 32.2. The molecule has 0 saturated carbocycles. The first-order valence-corrected chi connectivity index (χ1v) is 6.71. The lowest BCUT2D eigenvalue weighted by Crippen LogP contribution is -1.85. The quantitative estimate of drug-likeness (QED) is 0.717. The minimum Gasteiger partial charge on any atom is -0.382 e. The molecule has 0 aliphatic heterocycles. The Kier molecular flexibility index (Phi) is 3.38. The molecule has 2 heterocycles. The minimum absolute atomic E-state index is 0.267. The standard InChI is InChI=1S/C12H10FN5OS/c13-7-2-1-3-8(4-7)20-6-11-15-12(19-18-11)9-5-10(14)17-16-9/h1-5H,6H2,(H3,14,16,17). The molecule has 0 fully saturated rings. The summed E-state index contributed by atoms with van der Waals surface area (Å²) in [5.74, 6) is 1.41. The van der Waals surface area contributed by atoms with Gasteiger partial charge >= 0.3 is 0 Å². The van der Waals surface area contributed by atoms with Gasteiger partial charge < -0.3 is 10.3 Å². The number of hydrogen-bond donors (Lipinski definition) is 2. The molecular formula is C12H10FN5OS. The fourth-order valence-electron chi connectivity index (χ4n) is 1.57. The lowest BCUT2D eigenvalue weighted by Gasteiger charge is -1.97. The van der Waals surface area contributed by atoms with Gasteiger partial charge in [-0.1, -0.05) is 11.2 Å². The first kappa shape index (κ1) is 12.7. The third-order valence-electron chi connectivity index (χ3n) is 2.46. The Morgan fingerprint density at radius 1 is 1.35 bits per heavy atom. The summed E-state index contributed by atoms with van der Waals surface area (Å²) >= 11 is 1.43. The second-order valence-corrected chi connectivity index (χ2v) is 5.02. The molecule has 0 atom stereocenters. The number of H-pyrrole nitrogens is 1. The zero-order chi connectivity index (χ0) is 13.9. The molecule has 0 aliphatic carbocycles. The van der Waals surface area contributed by atoms with Gasteiger partial charge in [-0.05, 0) is 18.2 Å². The third-order valence-corrected chi connectivity index (χ3v) is 3.45. The van der Waals surface area contributed by atoms with Crippen LogP contribution in [0.1, 0.15) is 5.82 Å². The van der Waals surface area contributed by atoms with Gasteiger partial charge in [0.1, 0.15) is 17.3 Å². The van der Waals surface area contributed by atoms with Gasteiger partial charge in [-0.15, -0.1) is 11.8 Å². The van der Waals surface area contributed by atoms with Crippen molar-refractivity contribution in [1.82, 2.24) is 20.3 Å². The Morgan fingerprint density at radius 2 is 2.25 bits per heavy atom. The van der Waals surface area contributed by atoms with Crippen molar-refractivity contribution in [3.63, 3.8) is 0 Å². The Labute approximate surface area is 117 Å².